The van der Waals surface area contributed by atoms with E-state index >= 15 is 0 Å². The predicted molar refractivity (Wildman–Crippen MR) is 44.7 cm³/mol. The van der Waals surface area contributed by atoms with Gasteiger partial charge in [-0.3, -0.25) is 4.79 Å². The van der Waals surface area contributed by atoms with E-state index in [9.17, 15) is 4.79 Å². The number of hydrogen-bond acceptors (Lipinski definition) is 1. The highest BCUT2D eigenvalue weighted by atomic mass is 16.1. The molecule has 11 heavy (non-hydrogen) atoms. The SMILES string of the molecule is CC1C=CC=CC(C(N)=O)=C1. The highest BCUT2D eigenvalue weighted by molar-refractivity contribution is 5.95. The summed E-state index contributed by atoms with van der Waals surface area (Å²) in [4.78, 5) is 10.7. The molecule has 0 heterocycles. The molecule has 2 N–H and O–H groups in total. The van der Waals surface area contributed by atoms with Gasteiger partial charge >= 0.3 is 0 Å². The Hall–Kier alpha value is -1.31. The highest BCUT2D eigenvalue weighted by Gasteiger charge is 2.03. The van der Waals surface area contributed by atoms with Gasteiger partial charge in [-0.2, -0.15) is 0 Å². The molecule has 1 aliphatic rings. The van der Waals surface area contributed by atoms with Crippen molar-refractivity contribution < 1.29 is 4.79 Å². The smallest absolute Gasteiger partial charge is 0.248 e. The topological polar surface area (TPSA) is 43.1 Å². The summed E-state index contributed by atoms with van der Waals surface area (Å²) in [6, 6.07) is 0. The Balaban J connectivity index is 2.88. The molecule has 2 heteroatoms. The Kier molecular flexibility index (Phi) is 2.26. The zero-order chi connectivity index (χ0) is 8.27. The number of carbonyl (C=O) groups excluding carboxylic acids is 1. The van der Waals surface area contributed by atoms with Crippen LogP contribution in [0, 0.1) is 5.92 Å². The van der Waals surface area contributed by atoms with Crippen molar-refractivity contribution in [3.63, 3.8) is 0 Å². The maximum Gasteiger partial charge on any atom is 0.248 e. The molecule has 0 aromatic heterocycles. The number of allylic oxidation sites excluding steroid dienone is 4. The van der Waals surface area contributed by atoms with Gasteiger partial charge in [-0.05, 0) is 12.0 Å². The fourth-order valence-corrected chi connectivity index (χ4v) is 0.957. The average Bonchev–Trinajstić information content (AvgIpc) is 2.13. The van der Waals surface area contributed by atoms with E-state index in [0.29, 0.717) is 5.57 Å². The Morgan fingerprint density at radius 3 is 2.91 bits per heavy atom. The van der Waals surface area contributed by atoms with Crippen molar-refractivity contribution in [2.45, 2.75) is 6.92 Å². The number of primary amides is 1. The standard InChI is InChI=1S/C9H11NO/c1-7-4-2-3-5-8(6-7)9(10)11/h2-7H,1H3,(H2,10,11). The van der Waals surface area contributed by atoms with Gasteiger partial charge in [0.15, 0.2) is 0 Å². The second-order valence-corrected chi connectivity index (χ2v) is 2.59. The van der Waals surface area contributed by atoms with Gasteiger partial charge in [-0.15, -0.1) is 0 Å². The van der Waals surface area contributed by atoms with E-state index < -0.39 is 0 Å². The maximum absolute atomic E-state index is 10.7. The lowest BCUT2D eigenvalue weighted by atomic mass is 10.1. The van der Waals surface area contributed by atoms with E-state index in [1.807, 2.05) is 31.2 Å². The minimum absolute atomic E-state index is 0.285. The van der Waals surface area contributed by atoms with Crippen molar-refractivity contribution in [1.29, 1.82) is 0 Å². The molecule has 1 amide bonds. The third-order valence-corrected chi connectivity index (χ3v) is 1.53. The molecule has 0 aromatic carbocycles. The minimum Gasteiger partial charge on any atom is -0.366 e. The second kappa shape index (κ2) is 3.19. The molecule has 1 rings (SSSR count). The van der Waals surface area contributed by atoms with Gasteiger partial charge < -0.3 is 5.73 Å². The van der Waals surface area contributed by atoms with Crippen LogP contribution in [0.25, 0.3) is 0 Å². The Labute approximate surface area is 66.1 Å². The minimum atomic E-state index is -0.364. The van der Waals surface area contributed by atoms with Crippen LogP contribution >= 0.6 is 0 Å². The molecule has 0 saturated carbocycles. The molecule has 0 fully saturated rings. The van der Waals surface area contributed by atoms with Crippen molar-refractivity contribution >= 4 is 5.91 Å². The summed E-state index contributed by atoms with van der Waals surface area (Å²) in [5, 5.41) is 0. The molecule has 0 radical (unpaired) electrons. The van der Waals surface area contributed by atoms with Crippen molar-refractivity contribution in [2.75, 3.05) is 0 Å². The van der Waals surface area contributed by atoms with Gasteiger partial charge in [0.2, 0.25) is 5.91 Å². The number of rotatable bonds is 1. The van der Waals surface area contributed by atoms with Gasteiger partial charge in [0.05, 0.1) is 0 Å². The summed E-state index contributed by atoms with van der Waals surface area (Å²) < 4.78 is 0. The summed E-state index contributed by atoms with van der Waals surface area (Å²) in [5.74, 6) is -0.0794. The molecule has 0 spiro atoms. The monoisotopic (exact) mass is 149 g/mol. The van der Waals surface area contributed by atoms with E-state index in [1.54, 1.807) is 6.08 Å². The van der Waals surface area contributed by atoms with Crippen molar-refractivity contribution in [3.8, 4) is 0 Å². The van der Waals surface area contributed by atoms with Gasteiger partial charge in [0.25, 0.3) is 0 Å². The Morgan fingerprint density at radius 1 is 1.55 bits per heavy atom. The van der Waals surface area contributed by atoms with E-state index in [-0.39, 0.29) is 11.8 Å². The van der Waals surface area contributed by atoms with Crippen LogP contribution in [0.2, 0.25) is 0 Å². The quantitative estimate of drug-likeness (QED) is 0.597. The fraction of sp³-hybridized carbons (Fsp3) is 0.222. The molecule has 1 aliphatic carbocycles. The lowest BCUT2D eigenvalue weighted by Gasteiger charge is -1.97. The Morgan fingerprint density at radius 2 is 2.27 bits per heavy atom. The van der Waals surface area contributed by atoms with E-state index in [2.05, 4.69) is 0 Å². The van der Waals surface area contributed by atoms with E-state index in [1.165, 1.54) is 0 Å². The van der Waals surface area contributed by atoms with Crippen LogP contribution in [0.1, 0.15) is 6.92 Å². The molecular formula is C9H11NO. The average molecular weight is 149 g/mol. The molecule has 58 valence electrons. The van der Waals surface area contributed by atoms with Crippen LogP contribution in [0.3, 0.4) is 0 Å². The molecule has 0 bridgehead atoms. The lowest BCUT2D eigenvalue weighted by Crippen LogP contribution is -2.12. The van der Waals surface area contributed by atoms with Crippen LogP contribution in [0.4, 0.5) is 0 Å². The molecule has 1 unspecified atom stereocenters. The highest BCUT2D eigenvalue weighted by Crippen LogP contribution is 2.09. The molecule has 1 atom stereocenters. The number of nitrogens with two attached hydrogens (primary N) is 1. The van der Waals surface area contributed by atoms with Crippen LogP contribution in [-0.2, 0) is 4.79 Å². The van der Waals surface area contributed by atoms with Gasteiger partial charge in [-0.1, -0.05) is 31.2 Å². The number of amides is 1. The molecule has 0 aliphatic heterocycles. The van der Waals surface area contributed by atoms with Crippen LogP contribution in [-0.4, -0.2) is 5.91 Å². The summed E-state index contributed by atoms with van der Waals surface area (Å²) >= 11 is 0. The van der Waals surface area contributed by atoms with Gasteiger partial charge in [-0.25, -0.2) is 0 Å². The maximum atomic E-state index is 10.7. The third kappa shape index (κ3) is 2.08. The Bertz CT molecular complexity index is 248. The first-order valence-electron chi connectivity index (χ1n) is 3.56. The van der Waals surface area contributed by atoms with Crippen molar-refractivity contribution in [3.05, 3.63) is 36.0 Å². The third-order valence-electron chi connectivity index (χ3n) is 1.53. The molecule has 2 nitrogen and oxygen atoms in total. The largest absolute Gasteiger partial charge is 0.366 e. The van der Waals surface area contributed by atoms with Crippen LogP contribution in [0.5, 0.6) is 0 Å². The van der Waals surface area contributed by atoms with Crippen LogP contribution < -0.4 is 5.73 Å². The first-order chi connectivity index (χ1) is 5.20. The first-order valence-corrected chi connectivity index (χ1v) is 3.56. The zero-order valence-electron chi connectivity index (χ0n) is 6.45. The van der Waals surface area contributed by atoms with Crippen molar-refractivity contribution in [2.24, 2.45) is 11.7 Å². The van der Waals surface area contributed by atoms with E-state index in [4.69, 9.17) is 5.73 Å². The van der Waals surface area contributed by atoms with E-state index in [0.717, 1.165) is 0 Å². The molecule has 0 saturated heterocycles. The summed E-state index contributed by atoms with van der Waals surface area (Å²) in [6.45, 7) is 2.01. The summed E-state index contributed by atoms with van der Waals surface area (Å²) in [6.07, 6.45) is 9.31. The van der Waals surface area contributed by atoms with Crippen molar-refractivity contribution in [1.82, 2.24) is 0 Å². The van der Waals surface area contributed by atoms with Gasteiger partial charge in [0, 0.05) is 5.57 Å². The second-order valence-electron chi connectivity index (χ2n) is 2.59. The molecular weight excluding hydrogens is 138 g/mol. The first kappa shape index (κ1) is 7.79. The number of carbonyl (C=O) groups is 1. The normalized spacial score (nSPS) is 22.6. The van der Waals surface area contributed by atoms with Gasteiger partial charge in [0.1, 0.15) is 0 Å². The molecule has 0 aromatic rings. The predicted octanol–water partition coefficient (Wildman–Crippen LogP) is 1.16. The van der Waals surface area contributed by atoms with Crippen LogP contribution in [0.15, 0.2) is 36.0 Å². The fourth-order valence-electron chi connectivity index (χ4n) is 0.957. The zero-order valence-corrected chi connectivity index (χ0v) is 6.45. The lowest BCUT2D eigenvalue weighted by molar-refractivity contribution is -0.114. The number of hydrogen-bond donors (Lipinski definition) is 1. The summed E-state index contributed by atoms with van der Waals surface area (Å²) in [7, 11) is 0. The summed E-state index contributed by atoms with van der Waals surface area (Å²) in [5.41, 5.74) is 5.70.